The van der Waals surface area contributed by atoms with Crippen LogP contribution in [0.15, 0.2) is 9.72 Å². The molecular weight excluding hydrogens is 308 g/mol. The van der Waals surface area contributed by atoms with Crippen LogP contribution in [-0.2, 0) is 14.8 Å². The van der Waals surface area contributed by atoms with Gasteiger partial charge in [0.25, 0.3) is 10.0 Å². The minimum atomic E-state index is -3.72. The summed E-state index contributed by atoms with van der Waals surface area (Å²) >= 11 is 2.55. The minimum absolute atomic E-state index is 0.101. The van der Waals surface area contributed by atoms with Crippen molar-refractivity contribution in [2.75, 3.05) is 25.7 Å². The molecule has 0 saturated heterocycles. The van der Waals surface area contributed by atoms with Crippen LogP contribution in [0, 0.1) is 5.92 Å². The fraction of sp³-hybridized carbons (Fsp3) is 0.600. The maximum absolute atomic E-state index is 12.1. The van der Waals surface area contributed by atoms with E-state index >= 15 is 0 Å². The quantitative estimate of drug-likeness (QED) is 0.759. The van der Waals surface area contributed by atoms with Gasteiger partial charge >= 0.3 is 5.97 Å². The van der Waals surface area contributed by atoms with Gasteiger partial charge in [-0.25, -0.2) is 22.9 Å². The molecule has 108 valence electrons. The summed E-state index contributed by atoms with van der Waals surface area (Å²) in [6.45, 7) is 2.27. The SMILES string of the molecule is COC(=O)c1ncsc1S(=O)(=O)NCC(C)CSC. The molecule has 1 heterocycles. The monoisotopic (exact) mass is 324 g/mol. The minimum Gasteiger partial charge on any atom is -0.464 e. The first-order valence-corrected chi connectivity index (χ1v) is 9.18. The Morgan fingerprint density at radius 3 is 2.89 bits per heavy atom. The van der Waals surface area contributed by atoms with E-state index in [4.69, 9.17) is 0 Å². The molecule has 0 amide bonds. The van der Waals surface area contributed by atoms with E-state index < -0.39 is 16.0 Å². The third-order valence-electron chi connectivity index (χ3n) is 2.23. The molecule has 1 atom stereocenters. The Morgan fingerprint density at radius 1 is 1.63 bits per heavy atom. The summed E-state index contributed by atoms with van der Waals surface area (Å²) in [5.74, 6) is 0.313. The summed E-state index contributed by atoms with van der Waals surface area (Å²) in [6.07, 6.45) is 1.96. The van der Waals surface area contributed by atoms with Gasteiger partial charge in [-0.3, -0.25) is 0 Å². The van der Waals surface area contributed by atoms with E-state index in [2.05, 4.69) is 14.4 Å². The maximum Gasteiger partial charge on any atom is 0.358 e. The molecule has 19 heavy (non-hydrogen) atoms. The van der Waals surface area contributed by atoms with Crippen LogP contribution in [0.2, 0.25) is 0 Å². The predicted molar refractivity (Wildman–Crippen MR) is 76.2 cm³/mol. The van der Waals surface area contributed by atoms with E-state index in [1.54, 1.807) is 11.8 Å². The average Bonchev–Trinajstić information content (AvgIpc) is 2.86. The molecule has 6 nitrogen and oxygen atoms in total. The van der Waals surface area contributed by atoms with Crippen molar-refractivity contribution in [1.29, 1.82) is 0 Å². The summed E-state index contributed by atoms with van der Waals surface area (Å²) in [7, 11) is -2.53. The molecule has 1 unspecified atom stereocenters. The van der Waals surface area contributed by atoms with Gasteiger partial charge in [-0.2, -0.15) is 11.8 Å². The van der Waals surface area contributed by atoms with Gasteiger partial charge in [-0.05, 0) is 17.9 Å². The number of aromatic nitrogens is 1. The number of thioether (sulfide) groups is 1. The highest BCUT2D eigenvalue weighted by Gasteiger charge is 2.26. The number of methoxy groups -OCH3 is 1. The molecule has 1 N–H and O–H groups in total. The first kappa shape index (κ1) is 16.4. The molecule has 0 spiro atoms. The summed E-state index contributed by atoms with van der Waals surface area (Å²) < 4.78 is 31.1. The lowest BCUT2D eigenvalue weighted by molar-refractivity contribution is 0.0590. The second kappa shape index (κ2) is 7.22. The zero-order chi connectivity index (χ0) is 14.5. The van der Waals surface area contributed by atoms with Crippen molar-refractivity contribution in [1.82, 2.24) is 9.71 Å². The van der Waals surface area contributed by atoms with Crippen LogP contribution in [0.4, 0.5) is 0 Å². The van der Waals surface area contributed by atoms with E-state index in [9.17, 15) is 13.2 Å². The highest BCUT2D eigenvalue weighted by molar-refractivity contribution is 7.98. The molecule has 0 aliphatic heterocycles. The number of rotatable bonds is 7. The van der Waals surface area contributed by atoms with Crippen molar-refractivity contribution in [3.63, 3.8) is 0 Å². The lowest BCUT2D eigenvalue weighted by atomic mass is 10.2. The average molecular weight is 324 g/mol. The second-order valence-corrected chi connectivity index (χ2v) is 7.62. The Balaban J connectivity index is 2.83. The molecular formula is C10H16N2O4S3. The van der Waals surface area contributed by atoms with E-state index in [1.165, 1.54) is 12.6 Å². The molecule has 0 saturated carbocycles. The summed E-state index contributed by atoms with van der Waals surface area (Å²) in [5, 5.41) is 0. The topological polar surface area (TPSA) is 85.4 Å². The van der Waals surface area contributed by atoms with Crippen LogP contribution in [0.25, 0.3) is 0 Å². The normalized spacial score (nSPS) is 13.2. The number of thiazole rings is 1. The van der Waals surface area contributed by atoms with E-state index in [0.29, 0.717) is 6.54 Å². The van der Waals surface area contributed by atoms with Gasteiger partial charge in [-0.15, -0.1) is 11.3 Å². The highest BCUT2D eigenvalue weighted by Crippen LogP contribution is 2.20. The van der Waals surface area contributed by atoms with Crippen molar-refractivity contribution in [3.05, 3.63) is 11.2 Å². The van der Waals surface area contributed by atoms with Crippen LogP contribution in [0.3, 0.4) is 0 Å². The number of esters is 1. The largest absolute Gasteiger partial charge is 0.464 e. The Morgan fingerprint density at radius 2 is 2.32 bits per heavy atom. The zero-order valence-electron chi connectivity index (χ0n) is 10.9. The Labute approximate surface area is 121 Å². The number of nitrogens with one attached hydrogen (secondary N) is 1. The van der Waals surface area contributed by atoms with Crippen molar-refractivity contribution >= 4 is 39.1 Å². The Kier molecular flexibility index (Phi) is 6.24. The van der Waals surface area contributed by atoms with Gasteiger partial charge in [-0.1, -0.05) is 6.92 Å². The van der Waals surface area contributed by atoms with Crippen LogP contribution in [0.5, 0.6) is 0 Å². The lowest BCUT2D eigenvalue weighted by Gasteiger charge is -2.11. The molecule has 0 bridgehead atoms. The van der Waals surface area contributed by atoms with Gasteiger partial charge in [0.1, 0.15) is 0 Å². The Hall–Kier alpha value is -0.640. The van der Waals surface area contributed by atoms with Crippen LogP contribution < -0.4 is 4.72 Å². The number of sulfonamides is 1. The zero-order valence-corrected chi connectivity index (χ0v) is 13.3. The standard InChI is InChI=1S/C10H16N2O4S3/c1-7(5-17-3)4-12-19(14,15)10-8(9(13)16-2)11-6-18-10/h6-7,12H,4-5H2,1-3H3. The van der Waals surface area contributed by atoms with Crippen LogP contribution in [-0.4, -0.2) is 45.0 Å². The van der Waals surface area contributed by atoms with E-state index in [0.717, 1.165) is 17.1 Å². The number of ether oxygens (including phenoxy) is 1. The van der Waals surface area contributed by atoms with Gasteiger partial charge in [0.15, 0.2) is 9.90 Å². The fourth-order valence-corrected chi connectivity index (χ4v) is 4.35. The number of nitrogens with zero attached hydrogens (tertiary/aromatic N) is 1. The first-order valence-electron chi connectivity index (χ1n) is 5.42. The molecule has 0 aliphatic rings. The fourth-order valence-electron chi connectivity index (χ4n) is 1.32. The summed E-state index contributed by atoms with van der Waals surface area (Å²) in [5.41, 5.74) is 1.14. The van der Waals surface area contributed by atoms with Gasteiger partial charge in [0.2, 0.25) is 0 Å². The number of carbonyl (C=O) groups excluding carboxylic acids is 1. The highest BCUT2D eigenvalue weighted by atomic mass is 32.2. The number of hydrogen-bond donors (Lipinski definition) is 1. The van der Waals surface area contributed by atoms with E-state index in [-0.39, 0.29) is 15.8 Å². The predicted octanol–water partition coefficient (Wildman–Crippen LogP) is 1.21. The molecule has 0 radical (unpaired) electrons. The Bertz CT molecular complexity index is 527. The molecule has 1 aromatic rings. The summed E-state index contributed by atoms with van der Waals surface area (Å²) in [4.78, 5) is 15.1. The molecule has 1 aromatic heterocycles. The summed E-state index contributed by atoms with van der Waals surface area (Å²) in [6, 6.07) is 0. The molecule has 0 aliphatic carbocycles. The smallest absolute Gasteiger partial charge is 0.358 e. The van der Waals surface area contributed by atoms with Crippen LogP contribution >= 0.6 is 23.1 Å². The third kappa shape index (κ3) is 4.44. The van der Waals surface area contributed by atoms with Gasteiger partial charge < -0.3 is 4.74 Å². The number of carbonyl (C=O) groups is 1. The van der Waals surface area contributed by atoms with Crippen LogP contribution in [0.1, 0.15) is 17.4 Å². The van der Waals surface area contributed by atoms with E-state index in [1.807, 2.05) is 13.2 Å². The van der Waals surface area contributed by atoms with Gasteiger partial charge in [0, 0.05) is 6.54 Å². The molecule has 9 heteroatoms. The van der Waals surface area contributed by atoms with Crippen molar-refractivity contribution in [2.24, 2.45) is 5.92 Å². The molecule has 0 fully saturated rings. The lowest BCUT2D eigenvalue weighted by Crippen LogP contribution is -2.29. The molecule has 1 rings (SSSR count). The first-order chi connectivity index (χ1) is 8.92. The third-order valence-corrected chi connectivity index (χ3v) is 5.93. The van der Waals surface area contributed by atoms with Gasteiger partial charge in [0.05, 0.1) is 12.6 Å². The number of hydrogen-bond acceptors (Lipinski definition) is 7. The molecule has 0 aromatic carbocycles. The van der Waals surface area contributed by atoms with Crippen molar-refractivity contribution < 1.29 is 17.9 Å². The van der Waals surface area contributed by atoms with Crippen molar-refractivity contribution in [2.45, 2.75) is 11.1 Å². The second-order valence-electron chi connectivity index (χ2n) is 3.89. The maximum atomic E-state index is 12.1. The van der Waals surface area contributed by atoms with Crippen molar-refractivity contribution in [3.8, 4) is 0 Å².